The van der Waals surface area contributed by atoms with Crippen LogP contribution >= 0.6 is 0 Å². The molecule has 1 atom stereocenters. The van der Waals surface area contributed by atoms with E-state index in [0.29, 0.717) is 23.6 Å². The zero-order valence-electron chi connectivity index (χ0n) is 16.8. The summed E-state index contributed by atoms with van der Waals surface area (Å²) in [6.07, 6.45) is 4.61. The molecule has 10 heteroatoms. The van der Waals surface area contributed by atoms with E-state index in [2.05, 4.69) is 20.1 Å². The number of halogens is 1. The fourth-order valence-electron chi connectivity index (χ4n) is 4.13. The average molecular weight is 432 g/mol. The molecule has 4 aromatic heterocycles. The maximum atomic E-state index is 14.9. The molecule has 1 aliphatic heterocycles. The molecule has 1 fully saturated rings. The van der Waals surface area contributed by atoms with Crippen molar-refractivity contribution in [1.82, 2.24) is 29.1 Å². The predicted molar refractivity (Wildman–Crippen MR) is 111 cm³/mol. The Hall–Kier alpha value is -3.92. The molecule has 0 N–H and O–H groups in total. The minimum absolute atomic E-state index is 0.100. The van der Waals surface area contributed by atoms with Gasteiger partial charge in [0.25, 0.3) is 11.4 Å². The molecule has 0 radical (unpaired) electrons. The van der Waals surface area contributed by atoms with Crippen LogP contribution in [0.1, 0.15) is 30.5 Å². The lowest BCUT2D eigenvalue weighted by Gasteiger charge is -2.13. The van der Waals surface area contributed by atoms with Gasteiger partial charge >= 0.3 is 0 Å². The number of hydrogen-bond donors (Lipinski definition) is 0. The number of fused-ring (bicyclic) bond motifs is 3. The molecular weight excluding hydrogens is 415 g/mol. The monoisotopic (exact) mass is 432 g/mol. The summed E-state index contributed by atoms with van der Waals surface area (Å²) in [6, 6.07) is 10.0. The SMILES string of the molecule is O=c1c2c(-c3nc(C4CCCO4)no3)ncn2c2cccc(F)c2n1Cc1ccccn1. The lowest BCUT2D eigenvalue weighted by atomic mass is 10.2. The topological polar surface area (TPSA) is 100 Å². The van der Waals surface area contributed by atoms with Crippen molar-refractivity contribution < 1.29 is 13.7 Å². The first-order valence-electron chi connectivity index (χ1n) is 10.2. The van der Waals surface area contributed by atoms with Gasteiger partial charge < -0.3 is 9.26 Å². The predicted octanol–water partition coefficient (Wildman–Crippen LogP) is 3.13. The van der Waals surface area contributed by atoms with Crippen LogP contribution in [0.15, 0.2) is 58.2 Å². The fourth-order valence-corrected chi connectivity index (χ4v) is 4.13. The number of para-hydroxylation sites is 1. The molecule has 0 bridgehead atoms. The molecule has 1 aliphatic rings. The summed E-state index contributed by atoms with van der Waals surface area (Å²) in [5.41, 5.74) is 1.33. The van der Waals surface area contributed by atoms with E-state index >= 15 is 0 Å². The van der Waals surface area contributed by atoms with Crippen LogP contribution in [0.25, 0.3) is 28.1 Å². The smallest absolute Gasteiger partial charge is 0.279 e. The third-order valence-electron chi connectivity index (χ3n) is 5.62. The fraction of sp³-hybridized carbons (Fsp3) is 0.227. The molecule has 0 saturated carbocycles. The van der Waals surface area contributed by atoms with Crippen molar-refractivity contribution in [2.24, 2.45) is 0 Å². The van der Waals surface area contributed by atoms with Gasteiger partial charge in [0.1, 0.15) is 29.3 Å². The van der Waals surface area contributed by atoms with Gasteiger partial charge in [-0.1, -0.05) is 17.3 Å². The molecule has 5 heterocycles. The molecule has 9 nitrogen and oxygen atoms in total. The van der Waals surface area contributed by atoms with Crippen LogP contribution in [0, 0.1) is 5.82 Å². The van der Waals surface area contributed by atoms with Gasteiger partial charge in [0.15, 0.2) is 5.69 Å². The molecule has 0 aliphatic carbocycles. The Morgan fingerprint density at radius 3 is 2.88 bits per heavy atom. The average Bonchev–Trinajstić information content (AvgIpc) is 3.57. The zero-order chi connectivity index (χ0) is 21.7. The number of aromatic nitrogens is 6. The molecule has 1 aromatic carbocycles. The van der Waals surface area contributed by atoms with E-state index in [1.807, 2.05) is 6.07 Å². The first-order chi connectivity index (χ1) is 15.7. The second kappa shape index (κ2) is 7.34. The zero-order valence-corrected chi connectivity index (χ0v) is 16.8. The molecule has 32 heavy (non-hydrogen) atoms. The highest BCUT2D eigenvalue weighted by molar-refractivity contribution is 5.83. The Labute approximate surface area is 180 Å². The van der Waals surface area contributed by atoms with E-state index in [9.17, 15) is 9.18 Å². The van der Waals surface area contributed by atoms with E-state index < -0.39 is 11.4 Å². The molecule has 160 valence electrons. The van der Waals surface area contributed by atoms with Crippen LogP contribution < -0.4 is 5.56 Å². The molecule has 1 unspecified atom stereocenters. The number of benzene rings is 1. The Balaban J connectivity index is 1.58. The highest BCUT2D eigenvalue weighted by atomic mass is 19.1. The first-order valence-corrected chi connectivity index (χ1v) is 10.2. The van der Waals surface area contributed by atoms with Gasteiger partial charge in [0.05, 0.1) is 17.8 Å². The maximum absolute atomic E-state index is 14.9. The third kappa shape index (κ3) is 2.91. The van der Waals surface area contributed by atoms with Crippen molar-refractivity contribution in [3.63, 3.8) is 0 Å². The highest BCUT2D eigenvalue weighted by Gasteiger charge is 2.26. The Morgan fingerprint density at radius 1 is 1.12 bits per heavy atom. The van der Waals surface area contributed by atoms with E-state index in [-0.39, 0.29) is 35.3 Å². The lowest BCUT2D eigenvalue weighted by Crippen LogP contribution is -2.24. The van der Waals surface area contributed by atoms with Gasteiger partial charge in [-0.2, -0.15) is 4.98 Å². The van der Waals surface area contributed by atoms with Crippen LogP contribution in [-0.4, -0.2) is 35.7 Å². The number of pyridine rings is 1. The van der Waals surface area contributed by atoms with Crippen molar-refractivity contribution in [1.29, 1.82) is 0 Å². The van der Waals surface area contributed by atoms with Crippen molar-refractivity contribution in [3.8, 4) is 11.6 Å². The third-order valence-corrected chi connectivity index (χ3v) is 5.62. The number of hydrogen-bond acceptors (Lipinski definition) is 7. The minimum Gasteiger partial charge on any atom is -0.370 e. The van der Waals surface area contributed by atoms with Crippen molar-refractivity contribution >= 4 is 16.6 Å². The van der Waals surface area contributed by atoms with Crippen LogP contribution in [0.5, 0.6) is 0 Å². The van der Waals surface area contributed by atoms with Crippen LogP contribution in [-0.2, 0) is 11.3 Å². The van der Waals surface area contributed by atoms with Gasteiger partial charge in [0, 0.05) is 12.8 Å². The summed E-state index contributed by atoms with van der Waals surface area (Å²) in [5, 5.41) is 4.02. The molecule has 5 aromatic rings. The van der Waals surface area contributed by atoms with Gasteiger partial charge in [-0.15, -0.1) is 0 Å². The van der Waals surface area contributed by atoms with Gasteiger partial charge in [-0.05, 0) is 37.1 Å². The number of nitrogens with zero attached hydrogens (tertiary/aromatic N) is 6. The molecule has 0 spiro atoms. The van der Waals surface area contributed by atoms with E-state index in [4.69, 9.17) is 9.26 Å². The second-order valence-electron chi connectivity index (χ2n) is 7.59. The molecule has 6 rings (SSSR count). The normalized spacial score (nSPS) is 16.3. The standard InChI is InChI=1S/C22H17FN6O3/c23-14-6-3-7-15-18(14)28(11-13-5-1-2-9-24-13)22(30)19-17(25-12-29(15)19)21-26-20(27-32-21)16-8-4-10-31-16/h1-3,5-7,9,12,16H,4,8,10-11H2. The largest absolute Gasteiger partial charge is 0.370 e. The number of rotatable bonds is 4. The number of ether oxygens (including phenoxy) is 1. The molecule has 1 saturated heterocycles. The van der Waals surface area contributed by atoms with Gasteiger partial charge in [-0.3, -0.25) is 18.7 Å². The summed E-state index contributed by atoms with van der Waals surface area (Å²) in [4.78, 5) is 26.7. The first kappa shape index (κ1) is 18.8. The van der Waals surface area contributed by atoms with E-state index in [1.54, 1.807) is 34.9 Å². The lowest BCUT2D eigenvalue weighted by molar-refractivity contribution is 0.103. The van der Waals surface area contributed by atoms with Crippen molar-refractivity contribution in [3.05, 3.63) is 76.6 Å². The Morgan fingerprint density at radius 2 is 2.06 bits per heavy atom. The van der Waals surface area contributed by atoms with E-state index in [1.165, 1.54) is 17.0 Å². The quantitative estimate of drug-likeness (QED) is 0.430. The molecular formula is C22H17FN6O3. The van der Waals surface area contributed by atoms with Crippen LogP contribution in [0.3, 0.4) is 0 Å². The van der Waals surface area contributed by atoms with Gasteiger partial charge in [0.2, 0.25) is 5.82 Å². The van der Waals surface area contributed by atoms with E-state index in [0.717, 1.165) is 12.8 Å². The maximum Gasteiger partial charge on any atom is 0.279 e. The summed E-state index contributed by atoms with van der Waals surface area (Å²) in [6.45, 7) is 0.751. The second-order valence-corrected chi connectivity index (χ2v) is 7.59. The van der Waals surface area contributed by atoms with Crippen LogP contribution in [0.4, 0.5) is 4.39 Å². The number of imidazole rings is 1. The molecule has 0 amide bonds. The van der Waals surface area contributed by atoms with Crippen LogP contribution in [0.2, 0.25) is 0 Å². The minimum atomic E-state index is -0.508. The summed E-state index contributed by atoms with van der Waals surface area (Å²) in [5.74, 6) is 0.0423. The summed E-state index contributed by atoms with van der Waals surface area (Å²) >= 11 is 0. The van der Waals surface area contributed by atoms with Crippen molar-refractivity contribution in [2.45, 2.75) is 25.5 Å². The Kier molecular flexibility index (Phi) is 4.32. The summed E-state index contributed by atoms with van der Waals surface area (Å²) in [7, 11) is 0. The van der Waals surface area contributed by atoms with Crippen molar-refractivity contribution in [2.75, 3.05) is 6.61 Å². The Bertz CT molecular complexity index is 1500. The highest BCUT2D eigenvalue weighted by Crippen LogP contribution is 2.29. The summed E-state index contributed by atoms with van der Waals surface area (Å²) < 4.78 is 28.9. The van der Waals surface area contributed by atoms with Gasteiger partial charge in [-0.25, -0.2) is 9.37 Å².